The highest BCUT2D eigenvalue weighted by atomic mass is 16.5. The lowest BCUT2D eigenvalue weighted by Crippen LogP contribution is -2.56. The summed E-state index contributed by atoms with van der Waals surface area (Å²) >= 11 is 0. The molecule has 17 heavy (non-hydrogen) atoms. The van der Waals surface area contributed by atoms with Crippen molar-refractivity contribution in [3.05, 3.63) is 0 Å². The van der Waals surface area contributed by atoms with E-state index in [9.17, 15) is 9.90 Å². The second kappa shape index (κ2) is 5.80. The van der Waals surface area contributed by atoms with E-state index in [1.54, 1.807) is 0 Å². The molecule has 0 aromatic rings. The maximum absolute atomic E-state index is 11.5. The fourth-order valence-corrected chi connectivity index (χ4v) is 2.64. The number of hydrogen-bond donors (Lipinski definition) is 3. The third kappa shape index (κ3) is 3.40. The van der Waals surface area contributed by atoms with Gasteiger partial charge in [-0.05, 0) is 25.7 Å². The molecule has 0 spiro atoms. The monoisotopic (exact) mass is 242 g/mol. The van der Waals surface area contributed by atoms with Crippen LogP contribution in [0, 0.1) is 0 Å². The summed E-state index contributed by atoms with van der Waals surface area (Å²) in [6.45, 7) is 2.26. The van der Waals surface area contributed by atoms with Gasteiger partial charge in [0.25, 0.3) is 0 Å². The van der Waals surface area contributed by atoms with Crippen molar-refractivity contribution < 1.29 is 14.6 Å². The predicted octanol–water partition coefficient (Wildman–Crippen LogP) is -0.214. The Morgan fingerprint density at radius 3 is 2.94 bits per heavy atom. The minimum absolute atomic E-state index is 0.111. The fraction of sp³-hybridized carbons (Fsp3) is 0.917. The van der Waals surface area contributed by atoms with Gasteiger partial charge in [0.15, 0.2) is 0 Å². The zero-order valence-electron chi connectivity index (χ0n) is 10.2. The molecule has 2 fully saturated rings. The van der Waals surface area contributed by atoms with Gasteiger partial charge in [-0.15, -0.1) is 0 Å². The first-order valence-electron chi connectivity index (χ1n) is 6.47. The third-order valence-electron chi connectivity index (χ3n) is 3.75. The van der Waals surface area contributed by atoms with Gasteiger partial charge in [-0.25, -0.2) is 0 Å². The topological polar surface area (TPSA) is 70.6 Å². The van der Waals surface area contributed by atoms with Crippen LogP contribution < -0.4 is 10.6 Å². The lowest BCUT2D eigenvalue weighted by atomic mass is 9.89. The first-order chi connectivity index (χ1) is 8.24. The van der Waals surface area contributed by atoms with Crippen molar-refractivity contribution in [1.29, 1.82) is 0 Å². The summed E-state index contributed by atoms with van der Waals surface area (Å²) in [6.07, 6.45) is 4.15. The standard InChI is InChI=1S/C12H22N2O3/c15-9-12(3-6-17-7-4-12)14-10-2-1-5-13-11(16)8-10/h10,14-15H,1-9H2,(H,13,16). The summed E-state index contributed by atoms with van der Waals surface area (Å²) in [4.78, 5) is 11.5. The van der Waals surface area contributed by atoms with Crippen molar-refractivity contribution in [2.24, 2.45) is 0 Å². The lowest BCUT2D eigenvalue weighted by Gasteiger charge is -2.39. The predicted molar refractivity (Wildman–Crippen MR) is 63.7 cm³/mol. The van der Waals surface area contributed by atoms with Crippen LogP contribution in [0.5, 0.6) is 0 Å². The number of carbonyl (C=O) groups is 1. The Morgan fingerprint density at radius 2 is 2.24 bits per heavy atom. The SMILES string of the molecule is O=C1CC(NC2(CO)CCOCC2)CCCN1. The van der Waals surface area contributed by atoms with Crippen molar-refractivity contribution >= 4 is 5.91 Å². The van der Waals surface area contributed by atoms with Gasteiger partial charge < -0.3 is 20.5 Å². The van der Waals surface area contributed by atoms with Gasteiger partial charge >= 0.3 is 0 Å². The molecular weight excluding hydrogens is 220 g/mol. The zero-order chi connectivity index (χ0) is 12.1. The van der Waals surface area contributed by atoms with Crippen LogP contribution in [0.4, 0.5) is 0 Å². The van der Waals surface area contributed by atoms with E-state index in [4.69, 9.17) is 4.74 Å². The van der Waals surface area contributed by atoms with Crippen molar-refractivity contribution in [3.8, 4) is 0 Å². The Morgan fingerprint density at radius 1 is 1.47 bits per heavy atom. The molecule has 0 aromatic carbocycles. The molecule has 5 heteroatoms. The van der Waals surface area contributed by atoms with Crippen molar-refractivity contribution in [2.45, 2.75) is 43.7 Å². The number of aliphatic hydroxyl groups excluding tert-OH is 1. The molecule has 2 saturated heterocycles. The van der Waals surface area contributed by atoms with Crippen LogP contribution in [-0.4, -0.2) is 49.0 Å². The molecule has 98 valence electrons. The number of ether oxygens (including phenoxy) is 1. The molecule has 2 aliphatic heterocycles. The minimum Gasteiger partial charge on any atom is -0.394 e. The second-order valence-electron chi connectivity index (χ2n) is 5.09. The van der Waals surface area contributed by atoms with Gasteiger partial charge in [0.05, 0.1) is 6.61 Å². The number of hydrogen-bond acceptors (Lipinski definition) is 4. The van der Waals surface area contributed by atoms with Crippen LogP contribution in [0.3, 0.4) is 0 Å². The normalized spacial score (nSPS) is 29.5. The number of amides is 1. The average Bonchev–Trinajstić information content (AvgIpc) is 2.55. The molecule has 0 aliphatic carbocycles. The van der Waals surface area contributed by atoms with E-state index in [0.29, 0.717) is 19.6 Å². The van der Waals surface area contributed by atoms with Gasteiger partial charge in [0.2, 0.25) is 5.91 Å². The average molecular weight is 242 g/mol. The zero-order valence-corrected chi connectivity index (χ0v) is 10.2. The van der Waals surface area contributed by atoms with Crippen LogP contribution >= 0.6 is 0 Å². The van der Waals surface area contributed by atoms with Crippen LogP contribution in [0.15, 0.2) is 0 Å². The molecule has 0 saturated carbocycles. The summed E-state index contributed by atoms with van der Waals surface area (Å²) in [7, 11) is 0. The first kappa shape index (κ1) is 12.8. The molecule has 0 bridgehead atoms. The molecule has 3 N–H and O–H groups in total. The third-order valence-corrected chi connectivity index (χ3v) is 3.75. The van der Waals surface area contributed by atoms with E-state index < -0.39 is 0 Å². The van der Waals surface area contributed by atoms with Crippen molar-refractivity contribution in [1.82, 2.24) is 10.6 Å². The van der Waals surface area contributed by atoms with E-state index in [0.717, 1.165) is 32.2 Å². The molecular formula is C12H22N2O3. The second-order valence-corrected chi connectivity index (χ2v) is 5.09. The van der Waals surface area contributed by atoms with Crippen LogP contribution in [0.1, 0.15) is 32.1 Å². The smallest absolute Gasteiger partial charge is 0.221 e. The quantitative estimate of drug-likeness (QED) is 0.640. The lowest BCUT2D eigenvalue weighted by molar-refractivity contribution is -0.121. The molecule has 2 rings (SSSR count). The van der Waals surface area contributed by atoms with E-state index >= 15 is 0 Å². The Balaban J connectivity index is 1.94. The largest absolute Gasteiger partial charge is 0.394 e. The van der Waals surface area contributed by atoms with E-state index in [1.807, 2.05) is 0 Å². The van der Waals surface area contributed by atoms with Gasteiger partial charge in [-0.2, -0.15) is 0 Å². The van der Waals surface area contributed by atoms with E-state index in [-0.39, 0.29) is 24.1 Å². The van der Waals surface area contributed by atoms with Gasteiger partial charge in [0.1, 0.15) is 0 Å². The maximum Gasteiger partial charge on any atom is 0.221 e. The molecule has 5 nitrogen and oxygen atoms in total. The molecule has 1 amide bonds. The Bertz CT molecular complexity index is 264. The van der Waals surface area contributed by atoms with Crippen LogP contribution in [-0.2, 0) is 9.53 Å². The highest BCUT2D eigenvalue weighted by molar-refractivity contribution is 5.76. The molecule has 2 heterocycles. The van der Waals surface area contributed by atoms with Gasteiger partial charge in [-0.1, -0.05) is 0 Å². The minimum atomic E-state index is -0.243. The number of carbonyl (C=O) groups excluding carboxylic acids is 1. The summed E-state index contributed by atoms with van der Waals surface area (Å²) < 4.78 is 5.33. The Kier molecular flexibility index (Phi) is 4.36. The van der Waals surface area contributed by atoms with E-state index in [2.05, 4.69) is 10.6 Å². The van der Waals surface area contributed by atoms with Crippen molar-refractivity contribution in [2.75, 3.05) is 26.4 Å². The van der Waals surface area contributed by atoms with Crippen LogP contribution in [0.2, 0.25) is 0 Å². The Hall–Kier alpha value is -0.650. The molecule has 1 unspecified atom stereocenters. The highest BCUT2D eigenvalue weighted by Gasteiger charge is 2.34. The molecule has 2 aliphatic rings. The molecule has 1 atom stereocenters. The molecule has 0 radical (unpaired) electrons. The van der Waals surface area contributed by atoms with Gasteiger partial charge in [-0.3, -0.25) is 4.79 Å². The van der Waals surface area contributed by atoms with Gasteiger partial charge in [0, 0.05) is 37.8 Å². The number of aliphatic hydroxyl groups is 1. The number of rotatable bonds is 3. The van der Waals surface area contributed by atoms with Crippen LogP contribution in [0.25, 0.3) is 0 Å². The summed E-state index contributed by atoms with van der Waals surface area (Å²) in [6, 6.07) is 0.183. The molecule has 0 aromatic heterocycles. The Labute approximate surface area is 102 Å². The highest BCUT2D eigenvalue weighted by Crippen LogP contribution is 2.22. The summed E-state index contributed by atoms with van der Waals surface area (Å²) in [5.41, 5.74) is -0.243. The van der Waals surface area contributed by atoms with Crippen molar-refractivity contribution in [3.63, 3.8) is 0 Å². The van der Waals surface area contributed by atoms with E-state index in [1.165, 1.54) is 0 Å². The summed E-state index contributed by atoms with van der Waals surface area (Å²) in [5.74, 6) is 0.111. The summed E-state index contributed by atoms with van der Waals surface area (Å²) in [5, 5.41) is 16.0. The first-order valence-corrected chi connectivity index (χ1v) is 6.47. The fourth-order valence-electron chi connectivity index (χ4n) is 2.64. The number of nitrogens with one attached hydrogen (secondary N) is 2. The maximum atomic E-state index is 11.5.